The zero-order valence-electron chi connectivity index (χ0n) is 18.2. The van der Waals surface area contributed by atoms with Gasteiger partial charge in [0, 0.05) is 0 Å². The third-order valence-corrected chi connectivity index (χ3v) is 6.93. The van der Waals surface area contributed by atoms with E-state index in [4.69, 9.17) is 9.47 Å². The minimum absolute atomic E-state index is 0.249. The summed E-state index contributed by atoms with van der Waals surface area (Å²) < 4.78 is 12.1. The molecule has 0 saturated heterocycles. The molecule has 2 bridgehead atoms. The molecule has 0 aliphatic heterocycles. The van der Waals surface area contributed by atoms with Gasteiger partial charge in [0.25, 0.3) is 0 Å². The Kier molecular flexibility index (Phi) is 5.68. The number of ether oxygens (including phenoxy) is 2. The molecule has 3 aliphatic carbocycles. The Morgan fingerprint density at radius 1 is 0.633 bits per heavy atom. The molecule has 3 saturated carbocycles. The Hall–Kier alpha value is -2.62. The van der Waals surface area contributed by atoms with Crippen molar-refractivity contribution < 1.29 is 19.1 Å². The first kappa shape index (κ1) is 20.6. The molecular formula is C26H30O4. The van der Waals surface area contributed by atoms with Crippen LogP contribution < -0.4 is 0 Å². The molecule has 2 aromatic rings. The normalized spacial score (nSPS) is 25.1. The van der Waals surface area contributed by atoms with Crippen LogP contribution in [0.2, 0.25) is 0 Å². The quantitative estimate of drug-likeness (QED) is 0.630. The van der Waals surface area contributed by atoms with Crippen molar-refractivity contribution in [2.24, 2.45) is 11.8 Å². The molecule has 3 aliphatic rings. The van der Waals surface area contributed by atoms with Gasteiger partial charge in [0.15, 0.2) is 0 Å². The summed E-state index contributed by atoms with van der Waals surface area (Å²) in [5.74, 6) is -0.120. The predicted octanol–water partition coefficient (Wildman–Crippen LogP) is 5.49. The molecule has 5 rings (SSSR count). The Balaban J connectivity index is 1.58. The highest BCUT2D eigenvalue weighted by atomic mass is 16.6. The van der Waals surface area contributed by atoms with Crippen LogP contribution in [-0.4, -0.2) is 24.1 Å². The average Bonchev–Trinajstić information content (AvgIpc) is 2.70. The van der Waals surface area contributed by atoms with Crippen LogP contribution in [0, 0.1) is 39.5 Å². The highest BCUT2D eigenvalue weighted by molar-refractivity contribution is 5.93. The second-order valence-corrected chi connectivity index (χ2v) is 8.95. The van der Waals surface area contributed by atoms with Crippen LogP contribution in [0.5, 0.6) is 0 Å². The minimum atomic E-state index is -0.378. The van der Waals surface area contributed by atoms with Gasteiger partial charge in [-0.2, -0.15) is 0 Å². The number of carbonyl (C=O) groups excluding carboxylic acids is 2. The van der Waals surface area contributed by atoms with Crippen molar-refractivity contribution in [2.45, 2.75) is 65.6 Å². The summed E-state index contributed by atoms with van der Waals surface area (Å²) >= 11 is 0. The van der Waals surface area contributed by atoms with Gasteiger partial charge in [-0.15, -0.1) is 0 Å². The molecule has 0 spiro atoms. The molecular weight excluding hydrogens is 376 g/mol. The lowest BCUT2D eigenvalue weighted by Gasteiger charge is -2.46. The van der Waals surface area contributed by atoms with Gasteiger partial charge in [-0.3, -0.25) is 0 Å². The highest BCUT2D eigenvalue weighted by Gasteiger charge is 2.48. The van der Waals surface area contributed by atoms with Crippen molar-refractivity contribution in [3.8, 4) is 0 Å². The summed E-state index contributed by atoms with van der Waals surface area (Å²) in [5.41, 5.74) is 4.88. The van der Waals surface area contributed by atoms with Gasteiger partial charge < -0.3 is 9.47 Å². The lowest BCUT2D eigenvalue weighted by molar-refractivity contribution is -0.121. The van der Waals surface area contributed by atoms with Crippen LogP contribution in [0.3, 0.4) is 0 Å². The number of aryl methyl sites for hydroxylation is 4. The Morgan fingerprint density at radius 2 is 0.933 bits per heavy atom. The molecule has 4 nitrogen and oxygen atoms in total. The van der Waals surface area contributed by atoms with Crippen LogP contribution in [0.1, 0.15) is 68.7 Å². The van der Waals surface area contributed by atoms with Crippen molar-refractivity contribution in [2.75, 3.05) is 0 Å². The fraction of sp³-hybridized carbons (Fsp3) is 0.462. The summed E-state index contributed by atoms with van der Waals surface area (Å²) in [6, 6.07) is 11.6. The zero-order chi connectivity index (χ0) is 21.4. The van der Waals surface area contributed by atoms with Crippen LogP contribution in [-0.2, 0) is 9.47 Å². The molecule has 0 N–H and O–H groups in total. The van der Waals surface area contributed by atoms with Crippen molar-refractivity contribution in [1.29, 1.82) is 0 Å². The number of esters is 2. The van der Waals surface area contributed by atoms with E-state index >= 15 is 0 Å². The van der Waals surface area contributed by atoms with Crippen molar-refractivity contribution in [3.05, 3.63) is 69.8 Å². The first-order valence-corrected chi connectivity index (χ1v) is 10.9. The molecule has 2 unspecified atom stereocenters. The van der Waals surface area contributed by atoms with E-state index in [-0.39, 0.29) is 36.0 Å². The maximum atomic E-state index is 13.1. The van der Waals surface area contributed by atoms with Gasteiger partial charge in [0.05, 0.1) is 11.1 Å². The van der Waals surface area contributed by atoms with Crippen molar-refractivity contribution in [1.82, 2.24) is 0 Å². The summed E-state index contributed by atoms with van der Waals surface area (Å²) in [6.07, 6.45) is 3.33. The summed E-state index contributed by atoms with van der Waals surface area (Å²) in [7, 11) is 0. The topological polar surface area (TPSA) is 52.6 Å². The summed E-state index contributed by atoms with van der Waals surface area (Å²) in [5, 5.41) is 0. The molecule has 0 aromatic heterocycles. The molecule has 0 radical (unpaired) electrons. The van der Waals surface area contributed by atoms with Crippen LogP contribution in [0.15, 0.2) is 36.4 Å². The third-order valence-electron chi connectivity index (χ3n) is 6.93. The monoisotopic (exact) mass is 406 g/mol. The van der Waals surface area contributed by atoms with Gasteiger partial charge in [-0.25, -0.2) is 9.59 Å². The van der Waals surface area contributed by atoms with E-state index in [1.165, 1.54) is 0 Å². The van der Waals surface area contributed by atoms with Gasteiger partial charge >= 0.3 is 11.9 Å². The SMILES string of the molecule is Cc1cccc(C)c1C(=O)OC1C2CCC(CC2)C1OC(=O)c1c(C)cccc1C. The van der Waals surface area contributed by atoms with E-state index in [1.54, 1.807) is 0 Å². The molecule has 4 heteroatoms. The average molecular weight is 407 g/mol. The van der Waals surface area contributed by atoms with E-state index < -0.39 is 0 Å². The second-order valence-electron chi connectivity index (χ2n) is 8.95. The molecule has 3 fully saturated rings. The number of hydrogen-bond acceptors (Lipinski definition) is 4. The van der Waals surface area contributed by atoms with Gasteiger partial charge in [-0.1, -0.05) is 36.4 Å². The fourth-order valence-electron chi connectivity index (χ4n) is 5.30. The van der Waals surface area contributed by atoms with E-state index in [9.17, 15) is 9.59 Å². The molecule has 158 valence electrons. The van der Waals surface area contributed by atoms with E-state index in [0.29, 0.717) is 11.1 Å². The van der Waals surface area contributed by atoms with Gasteiger partial charge in [0.2, 0.25) is 0 Å². The van der Waals surface area contributed by atoms with Gasteiger partial charge in [0.1, 0.15) is 12.2 Å². The smallest absolute Gasteiger partial charge is 0.339 e. The Morgan fingerprint density at radius 3 is 1.23 bits per heavy atom. The van der Waals surface area contributed by atoms with E-state index in [2.05, 4.69) is 0 Å². The molecule has 0 heterocycles. The molecule has 2 aromatic carbocycles. The maximum Gasteiger partial charge on any atom is 0.339 e. The second kappa shape index (κ2) is 8.25. The summed E-state index contributed by atoms with van der Waals surface area (Å²) in [6.45, 7) is 7.70. The number of benzene rings is 2. The highest BCUT2D eigenvalue weighted by Crippen LogP contribution is 2.45. The van der Waals surface area contributed by atoms with Crippen molar-refractivity contribution in [3.63, 3.8) is 0 Å². The van der Waals surface area contributed by atoms with E-state index in [1.807, 2.05) is 64.1 Å². The largest absolute Gasteiger partial charge is 0.455 e. The number of rotatable bonds is 4. The van der Waals surface area contributed by atoms with Crippen LogP contribution in [0.4, 0.5) is 0 Å². The van der Waals surface area contributed by atoms with Gasteiger partial charge in [-0.05, 0) is 87.5 Å². The predicted molar refractivity (Wildman–Crippen MR) is 116 cm³/mol. The Labute approximate surface area is 178 Å². The first-order chi connectivity index (χ1) is 14.4. The summed E-state index contributed by atoms with van der Waals surface area (Å²) in [4.78, 5) is 26.2. The maximum absolute atomic E-state index is 13.1. The standard InChI is InChI=1S/C26H30O4/c1-15-7-5-8-16(2)21(15)25(27)29-23-19-11-13-20(14-12-19)24(23)30-26(28)22-17(3)9-6-10-18(22)4/h5-10,19-20,23-24H,11-14H2,1-4H3. The first-order valence-electron chi connectivity index (χ1n) is 10.9. The Bertz CT molecular complexity index is 849. The molecule has 2 atom stereocenters. The fourth-order valence-corrected chi connectivity index (χ4v) is 5.30. The zero-order valence-corrected chi connectivity index (χ0v) is 18.2. The lowest BCUT2D eigenvalue weighted by Crippen LogP contribution is -2.52. The van der Waals surface area contributed by atoms with Crippen LogP contribution >= 0.6 is 0 Å². The van der Waals surface area contributed by atoms with E-state index in [0.717, 1.165) is 47.9 Å². The number of hydrogen-bond donors (Lipinski definition) is 0. The number of carbonyl (C=O) groups is 2. The third kappa shape index (κ3) is 3.76. The molecule has 0 amide bonds. The number of fused-ring (bicyclic) bond motifs is 3. The minimum Gasteiger partial charge on any atom is -0.455 e. The molecule has 30 heavy (non-hydrogen) atoms. The van der Waals surface area contributed by atoms with Crippen LogP contribution in [0.25, 0.3) is 0 Å². The lowest BCUT2D eigenvalue weighted by atomic mass is 9.67. The van der Waals surface area contributed by atoms with Crippen molar-refractivity contribution >= 4 is 11.9 Å².